The van der Waals surface area contributed by atoms with E-state index in [-0.39, 0.29) is 10.6 Å². The molecule has 3 N–H and O–H groups in total. The lowest BCUT2D eigenvalue weighted by molar-refractivity contribution is 0.185. The maximum Gasteiger partial charge on any atom is 0.224 e. The zero-order valence-electron chi connectivity index (χ0n) is 23.0. The van der Waals surface area contributed by atoms with E-state index in [1.807, 2.05) is 60.7 Å². The molecule has 216 valence electrons. The summed E-state index contributed by atoms with van der Waals surface area (Å²) < 4.78 is 1.42. The summed E-state index contributed by atoms with van der Waals surface area (Å²) in [7, 11) is 0. The highest BCUT2D eigenvalue weighted by atomic mass is 79.9. The number of para-hydroxylation sites is 2. The third kappa shape index (κ3) is 15.1. The first-order valence-corrected chi connectivity index (χ1v) is 15.1. The molecule has 0 saturated heterocycles. The normalized spacial score (nSPS) is 10.1. The number of nitrogens with two attached hydrogens (primary N) is 1. The number of benzene rings is 2. The topological polar surface area (TPSA) is 92.9 Å². The largest absolute Gasteiger partial charge is 0.399 e. The molecule has 0 saturated carbocycles. The zero-order valence-corrected chi connectivity index (χ0v) is 28.4. The molecular weight excluding hydrogens is 701 g/mol. The van der Waals surface area contributed by atoms with Gasteiger partial charge in [0.15, 0.2) is 0 Å². The molecule has 0 amide bonds. The maximum atomic E-state index is 5.70. The van der Waals surface area contributed by atoms with Gasteiger partial charge in [-0.05, 0) is 114 Å². The fourth-order valence-corrected chi connectivity index (χ4v) is 4.12. The van der Waals surface area contributed by atoms with Crippen molar-refractivity contribution < 1.29 is 0 Å². The Labute approximate surface area is 269 Å². The van der Waals surface area contributed by atoms with Crippen LogP contribution in [-0.2, 0) is 0 Å². The Kier molecular flexibility index (Phi) is 18.0. The molecule has 0 aliphatic heterocycles. The van der Waals surface area contributed by atoms with Gasteiger partial charge in [-0.25, -0.2) is 15.0 Å². The van der Waals surface area contributed by atoms with E-state index in [9.17, 15) is 0 Å². The second-order valence-electron chi connectivity index (χ2n) is 8.53. The number of rotatable bonds is 5. The molecule has 40 heavy (non-hydrogen) atoms. The third-order valence-corrected chi connectivity index (χ3v) is 6.96. The molecule has 2 aromatic carbocycles. The van der Waals surface area contributed by atoms with E-state index in [1.165, 1.54) is 6.20 Å². The summed E-state index contributed by atoms with van der Waals surface area (Å²) in [5.74, 6) is 0.654. The number of aromatic nitrogens is 4. The van der Waals surface area contributed by atoms with Gasteiger partial charge in [-0.3, -0.25) is 4.90 Å². The van der Waals surface area contributed by atoms with Crippen LogP contribution in [0.25, 0.3) is 0 Å². The molecule has 0 aliphatic rings. The number of nitrogens with zero attached hydrogens (tertiary/aromatic N) is 5. The summed E-state index contributed by atoms with van der Waals surface area (Å²) >= 11 is 23.1. The van der Waals surface area contributed by atoms with Crippen LogP contribution in [0, 0.1) is 0 Å². The van der Waals surface area contributed by atoms with Crippen molar-refractivity contribution in [1.29, 1.82) is 0 Å². The minimum atomic E-state index is 0.156. The summed E-state index contributed by atoms with van der Waals surface area (Å²) in [4.78, 5) is 17.7. The van der Waals surface area contributed by atoms with Crippen molar-refractivity contribution in [3.8, 4) is 0 Å². The Morgan fingerprint density at radius 2 is 1.25 bits per heavy atom. The Morgan fingerprint density at radius 1 is 0.775 bits per heavy atom. The van der Waals surface area contributed by atoms with Crippen molar-refractivity contribution in [2.45, 2.75) is 46.7 Å². The average molecular weight is 735 g/mol. The summed E-state index contributed by atoms with van der Waals surface area (Å²) in [6, 6.07) is 20.6. The minimum Gasteiger partial charge on any atom is -0.399 e. The van der Waals surface area contributed by atoms with E-state index in [2.05, 4.69) is 96.6 Å². The number of nitrogen functional groups attached to an aromatic ring is 1. The molecule has 0 atom stereocenters. The van der Waals surface area contributed by atoms with Crippen LogP contribution >= 0.6 is 66.7 Å². The molecule has 0 unspecified atom stereocenters. The highest BCUT2D eigenvalue weighted by molar-refractivity contribution is 9.11. The third-order valence-electron chi connectivity index (χ3n) is 4.91. The lowest BCUT2D eigenvalue weighted by atomic mass is 10.2. The molecule has 12 heteroatoms. The van der Waals surface area contributed by atoms with Gasteiger partial charge in [0.1, 0.15) is 11.0 Å². The van der Waals surface area contributed by atoms with Crippen molar-refractivity contribution in [2.75, 3.05) is 17.6 Å². The van der Waals surface area contributed by atoms with Gasteiger partial charge in [-0.15, -0.1) is 0 Å². The fraction of sp³-hybridized carbons (Fsp3) is 0.286. The van der Waals surface area contributed by atoms with Crippen LogP contribution in [0.3, 0.4) is 0 Å². The van der Waals surface area contributed by atoms with Crippen molar-refractivity contribution in [3.63, 3.8) is 0 Å². The average Bonchev–Trinajstić information content (AvgIpc) is 2.91. The molecule has 7 nitrogen and oxygen atoms in total. The van der Waals surface area contributed by atoms with Crippen LogP contribution < -0.4 is 11.1 Å². The molecule has 4 rings (SSSR count). The molecular formula is C28H34Br2Cl3N7. The lowest BCUT2D eigenvalue weighted by Crippen LogP contribution is -2.36. The number of nitrogens with one attached hydrogen (secondary N) is 1. The molecule has 0 aliphatic carbocycles. The van der Waals surface area contributed by atoms with Crippen LogP contribution in [0.15, 0.2) is 82.0 Å². The quantitative estimate of drug-likeness (QED) is 0.120. The monoisotopic (exact) mass is 731 g/mol. The predicted octanol–water partition coefficient (Wildman–Crippen LogP) is 9.58. The van der Waals surface area contributed by atoms with Crippen LogP contribution in [-0.4, -0.2) is 43.5 Å². The molecule has 0 bridgehead atoms. The van der Waals surface area contributed by atoms with Gasteiger partial charge < -0.3 is 11.1 Å². The van der Waals surface area contributed by atoms with Gasteiger partial charge in [0, 0.05) is 35.9 Å². The molecule has 0 spiro atoms. The first kappa shape index (κ1) is 36.0. The number of anilines is 3. The summed E-state index contributed by atoms with van der Waals surface area (Å²) in [5, 5.41) is 3.83. The standard InChI is InChI=1S/C10H7BrClN3.C8H19N.C6H7N.C4HBrCl2N2/c11-8-6-13-10(12)15-9(8)14-7-4-2-1-3-5-7;1-6-9(7(2)3)8(4)5;7-6-4-2-1-3-5-6;5-2-1-8-4(7)9-3(2)6/h1-6H,(H,13,14,15);7-8H,6H2,1-5H3;1-5H,7H2;1H. The first-order chi connectivity index (χ1) is 18.9. The highest BCUT2D eigenvalue weighted by Gasteiger charge is 2.09. The van der Waals surface area contributed by atoms with Gasteiger partial charge >= 0.3 is 0 Å². The second kappa shape index (κ2) is 20.0. The second-order valence-corrected chi connectivity index (χ2v) is 11.3. The van der Waals surface area contributed by atoms with E-state index in [4.69, 9.17) is 40.5 Å². The zero-order chi connectivity index (χ0) is 30.1. The summed E-state index contributed by atoms with van der Waals surface area (Å²) in [6.45, 7) is 12.3. The Bertz CT molecular complexity index is 1240. The van der Waals surface area contributed by atoms with E-state index in [1.54, 1.807) is 6.20 Å². The predicted molar refractivity (Wildman–Crippen MR) is 178 cm³/mol. The van der Waals surface area contributed by atoms with Gasteiger partial charge in [-0.2, -0.15) is 4.98 Å². The first-order valence-electron chi connectivity index (χ1n) is 12.3. The fourth-order valence-electron chi connectivity index (χ4n) is 3.20. The Morgan fingerprint density at radius 3 is 1.62 bits per heavy atom. The van der Waals surface area contributed by atoms with E-state index in [0.717, 1.165) is 22.4 Å². The summed E-state index contributed by atoms with van der Waals surface area (Å²) in [5.41, 5.74) is 7.13. The van der Waals surface area contributed by atoms with Crippen molar-refractivity contribution in [1.82, 2.24) is 24.8 Å². The minimum absolute atomic E-state index is 0.156. The molecule has 0 radical (unpaired) electrons. The lowest BCUT2D eigenvalue weighted by Gasteiger charge is -2.28. The summed E-state index contributed by atoms with van der Waals surface area (Å²) in [6.07, 6.45) is 3.11. The highest BCUT2D eigenvalue weighted by Crippen LogP contribution is 2.23. The number of hydrogen-bond acceptors (Lipinski definition) is 7. The van der Waals surface area contributed by atoms with Crippen LogP contribution in [0.5, 0.6) is 0 Å². The van der Waals surface area contributed by atoms with Gasteiger partial charge in [0.2, 0.25) is 10.6 Å². The van der Waals surface area contributed by atoms with Gasteiger partial charge in [-0.1, -0.05) is 54.9 Å². The molecule has 2 aromatic heterocycles. The van der Waals surface area contributed by atoms with Crippen molar-refractivity contribution in [2.24, 2.45) is 0 Å². The number of halogens is 5. The Balaban J connectivity index is 0.000000280. The van der Waals surface area contributed by atoms with Gasteiger partial charge in [0.05, 0.1) is 8.95 Å². The Hall–Kier alpha value is -2.01. The smallest absolute Gasteiger partial charge is 0.224 e. The molecule has 4 aromatic rings. The maximum absolute atomic E-state index is 5.70. The number of hydrogen-bond donors (Lipinski definition) is 2. The van der Waals surface area contributed by atoms with Crippen molar-refractivity contribution in [3.05, 3.63) is 97.7 Å². The molecule has 2 heterocycles. The molecule has 0 fully saturated rings. The SMILES string of the molecule is CCN(C(C)C)C(C)C.Clc1ncc(Br)c(Cl)n1.Clc1ncc(Br)c(Nc2ccccc2)n1.Nc1ccccc1. The van der Waals surface area contributed by atoms with E-state index < -0.39 is 0 Å². The van der Waals surface area contributed by atoms with Crippen LogP contribution in [0.1, 0.15) is 34.6 Å². The van der Waals surface area contributed by atoms with Crippen LogP contribution in [0.4, 0.5) is 17.2 Å². The van der Waals surface area contributed by atoms with E-state index >= 15 is 0 Å². The van der Waals surface area contributed by atoms with Crippen molar-refractivity contribution >= 4 is 83.9 Å². The van der Waals surface area contributed by atoms with Crippen LogP contribution in [0.2, 0.25) is 15.7 Å². The van der Waals surface area contributed by atoms with Gasteiger partial charge in [0.25, 0.3) is 0 Å². The van der Waals surface area contributed by atoms with E-state index in [0.29, 0.717) is 27.5 Å².